The highest BCUT2D eigenvalue weighted by molar-refractivity contribution is 5.81. The summed E-state index contributed by atoms with van der Waals surface area (Å²) in [4.78, 5) is 11.6. The molecular weight excluding hydrogens is 216 g/mol. The van der Waals surface area contributed by atoms with Crippen molar-refractivity contribution in [3.05, 3.63) is 35.4 Å². The van der Waals surface area contributed by atoms with Gasteiger partial charge in [0.25, 0.3) is 0 Å². The van der Waals surface area contributed by atoms with Gasteiger partial charge in [-0.3, -0.25) is 4.79 Å². The van der Waals surface area contributed by atoms with Gasteiger partial charge in [-0.2, -0.15) is 0 Å². The van der Waals surface area contributed by atoms with Crippen LogP contribution in [0.1, 0.15) is 30.9 Å². The van der Waals surface area contributed by atoms with Gasteiger partial charge >= 0.3 is 5.97 Å². The van der Waals surface area contributed by atoms with E-state index in [9.17, 15) is 9.90 Å². The second kappa shape index (κ2) is 4.88. The van der Waals surface area contributed by atoms with E-state index in [1.165, 1.54) is 5.56 Å². The number of hydrogen-bond donors (Lipinski definition) is 1. The van der Waals surface area contributed by atoms with Crippen LogP contribution in [0.4, 0.5) is 0 Å². The molecule has 0 atom stereocenters. The highest BCUT2D eigenvalue weighted by Crippen LogP contribution is 2.35. The molecule has 1 heterocycles. The van der Waals surface area contributed by atoms with Crippen molar-refractivity contribution in [2.75, 3.05) is 13.2 Å². The fourth-order valence-electron chi connectivity index (χ4n) is 2.43. The van der Waals surface area contributed by atoms with Gasteiger partial charge < -0.3 is 9.84 Å². The molecule has 1 saturated heterocycles. The topological polar surface area (TPSA) is 46.5 Å². The van der Waals surface area contributed by atoms with E-state index in [1.54, 1.807) is 0 Å². The van der Waals surface area contributed by atoms with E-state index in [1.807, 2.05) is 24.3 Å². The van der Waals surface area contributed by atoms with E-state index < -0.39 is 11.4 Å². The maximum Gasteiger partial charge on any atom is 0.314 e. The van der Waals surface area contributed by atoms with Crippen molar-refractivity contribution in [3.8, 4) is 0 Å². The SMILES string of the molecule is CCc1cccc(C2(C(=O)O)CCOCC2)c1. The minimum absolute atomic E-state index is 0.530. The third-order valence-electron chi connectivity index (χ3n) is 3.64. The molecule has 1 aromatic rings. The lowest BCUT2D eigenvalue weighted by molar-refractivity contribution is -0.147. The minimum Gasteiger partial charge on any atom is -0.481 e. The molecule has 0 bridgehead atoms. The monoisotopic (exact) mass is 234 g/mol. The molecule has 0 aliphatic carbocycles. The summed E-state index contributed by atoms with van der Waals surface area (Å²) < 4.78 is 5.29. The summed E-state index contributed by atoms with van der Waals surface area (Å²) in [7, 11) is 0. The van der Waals surface area contributed by atoms with Gasteiger partial charge in [0, 0.05) is 13.2 Å². The van der Waals surface area contributed by atoms with Crippen molar-refractivity contribution in [3.63, 3.8) is 0 Å². The summed E-state index contributed by atoms with van der Waals surface area (Å²) >= 11 is 0. The zero-order valence-corrected chi connectivity index (χ0v) is 10.1. The number of aryl methyl sites for hydroxylation is 1. The maximum absolute atomic E-state index is 11.6. The second-order valence-electron chi connectivity index (χ2n) is 4.55. The van der Waals surface area contributed by atoms with Gasteiger partial charge in [0.15, 0.2) is 0 Å². The van der Waals surface area contributed by atoms with E-state index in [0.29, 0.717) is 26.1 Å². The molecule has 0 spiro atoms. The Labute approximate surface area is 101 Å². The smallest absolute Gasteiger partial charge is 0.314 e. The molecule has 92 valence electrons. The van der Waals surface area contributed by atoms with Gasteiger partial charge in [-0.15, -0.1) is 0 Å². The quantitative estimate of drug-likeness (QED) is 0.873. The van der Waals surface area contributed by atoms with Gasteiger partial charge in [0.2, 0.25) is 0 Å². The first-order valence-corrected chi connectivity index (χ1v) is 6.09. The number of carboxylic acids is 1. The first-order valence-electron chi connectivity index (χ1n) is 6.09. The summed E-state index contributed by atoms with van der Waals surface area (Å²) in [5.41, 5.74) is 1.37. The van der Waals surface area contributed by atoms with Crippen LogP contribution >= 0.6 is 0 Å². The standard InChI is InChI=1S/C14H18O3/c1-2-11-4-3-5-12(10-11)14(13(15)16)6-8-17-9-7-14/h3-5,10H,2,6-9H2,1H3,(H,15,16). The predicted octanol–water partition coefficient (Wildman–Crippen LogP) is 2.38. The van der Waals surface area contributed by atoms with Crippen molar-refractivity contribution in [1.82, 2.24) is 0 Å². The number of rotatable bonds is 3. The summed E-state index contributed by atoms with van der Waals surface area (Å²) in [5.74, 6) is -0.728. The Kier molecular flexibility index (Phi) is 3.48. The van der Waals surface area contributed by atoms with Crippen LogP contribution < -0.4 is 0 Å². The fourth-order valence-corrected chi connectivity index (χ4v) is 2.43. The van der Waals surface area contributed by atoms with Crippen LogP contribution in [0.2, 0.25) is 0 Å². The molecule has 2 rings (SSSR count). The Balaban J connectivity index is 2.41. The highest BCUT2D eigenvalue weighted by atomic mass is 16.5. The largest absolute Gasteiger partial charge is 0.481 e. The van der Waals surface area contributed by atoms with E-state index in [-0.39, 0.29) is 0 Å². The first-order chi connectivity index (χ1) is 8.19. The number of carbonyl (C=O) groups is 1. The molecule has 3 heteroatoms. The number of aliphatic carboxylic acids is 1. The molecule has 3 nitrogen and oxygen atoms in total. The number of carboxylic acid groups (broad SMARTS) is 1. The number of benzene rings is 1. The Hall–Kier alpha value is -1.35. The fraction of sp³-hybridized carbons (Fsp3) is 0.500. The molecular formula is C14H18O3. The molecule has 0 saturated carbocycles. The molecule has 1 aromatic carbocycles. The number of ether oxygens (including phenoxy) is 1. The summed E-state index contributed by atoms with van der Waals surface area (Å²) in [6.45, 7) is 3.14. The first kappa shape index (κ1) is 12.1. The van der Waals surface area contributed by atoms with Crippen molar-refractivity contribution >= 4 is 5.97 Å². The predicted molar refractivity (Wildman–Crippen MR) is 65.2 cm³/mol. The van der Waals surface area contributed by atoms with E-state index in [4.69, 9.17) is 4.74 Å². The Bertz CT molecular complexity index is 406. The maximum atomic E-state index is 11.6. The average molecular weight is 234 g/mol. The Morgan fingerprint density at radius 2 is 2.12 bits per heavy atom. The van der Waals surface area contributed by atoms with Crippen LogP contribution in [0, 0.1) is 0 Å². The van der Waals surface area contributed by atoms with Crippen LogP contribution in [0.25, 0.3) is 0 Å². The molecule has 0 amide bonds. The van der Waals surface area contributed by atoms with E-state index in [2.05, 4.69) is 6.92 Å². The van der Waals surface area contributed by atoms with Crippen molar-refractivity contribution in [2.24, 2.45) is 0 Å². The second-order valence-corrected chi connectivity index (χ2v) is 4.55. The molecule has 0 aromatic heterocycles. The van der Waals surface area contributed by atoms with Gasteiger partial charge in [-0.1, -0.05) is 31.2 Å². The normalized spacial score (nSPS) is 18.9. The van der Waals surface area contributed by atoms with Crippen LogP contribution in [-0.4, -0.2) is 24.3 Å². The molecule has 1 fully saturated rings. The average Bonchev–Trinajstić information content (AvgIpc) is 2.39. The van der Waals surface area contributed by atoms with Gasteiger partial charge in [-0.25, -0.2) is 0 Å². The van der Waals surface area contributed by atoms with Crippen LogP contribution in [-0.2, 0) is 21.4 Å². The zero-order chi connectivity index (χ0) is 12.3. The number of hydrogen-bond acceptors (Lipinski definition) is 2. The Morgan fingerprint density at radius 1 is 1.41 bits per heavy atom. The Morgan fingerprint density at radius 3 is 2.71 bits per heavy atom. The van der Waals surface area contributed by atoms with Gasteiger partial charge in [-0.05, 0) is 30.4 Å². The van der Waals surface area contributed by atoms with Crippen LogP contribution in [0.15, 0.2) is 24.3 Å². The third kappa shape index (κ3) is 2.20. The van der Waals surface area contributed by atoms with Crippen LogP contribution in [0.3, 0.4) is 0 Å². The minimum atomic E-state index is -0.747. The van der Waals surface area contributed by atoms with Crippen molar-refractivity contribution < 1.29 is 14.6 Å². The highest BCUT2D eigenvalue weighted by Gasteiger charge is 2.41. The summed E-state index contributed by atoms with van der Waals surface area (Å²) in [6.07, 6.45) is 2.06. The van der Waals surface area contributed by atoms with Gasteiger partial charge in [0.05, 0.1) is 5.41 Å². The van der Waals surface area contributed by atoms with Crippen molar-refractivity contribution in [1.29, 1.82) is 0 Å². The molecule has 1 N–H and O–H groups in total. The van der Waals surface area contributed by atoms with Crippen LogP contribution in [0.5, 0.6) is 0 Å². The summed E-state index contributed by atoms with van der Waals surface area (Å²) in [6, 6.07) is 7.95. The lowest BCUT2D eigenvalue weighted by Crippen LogP contribution is -2.41. The van der Waals surface area contributed by atoms with E-state index in [0.717, 1.165) is 12.0 Å². The van der Waals surface area contributed by atoms with Gasteiger partial charge in [0.1, 0.15) is 0 Å². The molecule has 1 aliphatic rings. The van der Waals surface area contributed by atoms with Crippen molar-refractivity contribution in [2.45, 2.75) is 31.6 Å². The molecule has 1 aliphatic heterocycles. The molecule has 0 unspecified atom stereocenters. The van der Waals surface area contributed by atoms with E-state index >= 15 is 0 Å². The molecule has 17 heavy (non-hydrogen) atoms. The lowest BCUT2D eigenvalue weighted by Gasteiger charge is -2.33. The molecule has 0 radical (unpaired) electrons. The summed E-state index contributed by atoms with van der Waals surface area (Å²) in [5, 5.41) is 9.55. The lowest BCUT2D eigenvalue weighted by atomic mass is 9.74. The zero-order valence-electron chi connectivity index (χ0n) is 10.1. The third-order valence-corrected chi connectivity index (χ3v) is 3.64.